The quantitative estimate of drug-likeness (QED) is 0.495. The lowest BCUT2D eigenvalue weighted by molar-refractivity contribution is 0.180. The van der Waals surface area contributed by atoms with Crippen molar-refractivity contribution in [3.05, 3.63) is 0 Å². The second kappa shape index (κ2) is 8.02. The van der Waals surface area contributed by atoms with Crippen molar-refractivity contribution in [1.29, 1.82) is 5.41 Å². The zero-order valence-electron chi connectivity index (χ0n) is 14.0. The van der Waals surface area contributed by atoms with Crippen LogP contribution in [0.5, 0.6) is 0 Å². The van der Waals surface area contributed by atoms with Gasteiger partial charge in [0, 0.05) is 11.5 Å². The first kappa shape index (κ1) is 17.5. The maximum absolute atomic E-state index is 7.65. The van der Waals surface area contributed by atoms with Gasteiger partial charge in [-0.25, -0.2) is 0 Å². The van der Waals surface area contributed by atoms with E-state index in [1.54, 1.807) is 0 Å². The fourth-order valence-corrected chi connectivity index (χ4v) is 3.03. The molecular formula is C17H35N3. The highest BCUT2D eigenvalue weighted by molar-refractivity contribution is 5.82. The first-order valence-electron chi connectivity index (χ1n) is 8.41. The molecule has 1 saturated carbocycles. The number of nitrogens with two attached hydrogens (primary N) is 1. The molecule has 0 aromatic heterocycles. The number of rotatable bonds is 9. The van der Waals surface area contributed by atoms with E-state index in [1.807, 2.05) is 0 Å². The van der Waals surface area contributed by atoms with Crippen LogP contribution in [0.3, 0.4) is 0 Å². The Morgan fingerprint density at radius 3 is 2.35 bits per heavy atom. The minimum atomic E-state index is -0.139. The van der Waals surface area contributed by atoms with E-state index in [2.05, 4.69) is 32.6 Å². The topological polar surface area (TPSA) is 53.1 Å². The molecule has 0 spiro atoms. The lowest BCUT2D eigenvalue weighted by Gasteiger charge is -2.31. The van der Waals surface area contributed by atoms with Crippen molar-refractivity contribution in [1.82, 2.24) is 4.90 Å². The van der Waals surface area contributed by atoms with Gasteiger partial charge in [-0.05, 0) is 51.1 Å². The largest absolute Gasteiger partial charge is 0.387 e. The van der Waals surface area contributed by atoms with Gasteiger partial charge in [-0.2, -0.15) is 0 Å². The van der Waals surface area contributed by atoms with Crippen LogP contribution in [0.25, 0.3) is 0 Å². The minimum Gasteiger partial charge on any atom is -0.387 e. The van der Waals surface area contributed by atoms with Crippen molar-refractivity contribution >= 4 is 5.84 Å². The molecule has 0 aromatic carbocycles. The van der Waals surface area contributed by atoms with E-state index in [4.69, 9.17) is 11.1 Å². The van der Waals surface area contributed by atoms with Gasteiger partial charge in [0.25, 0.3) is 0 Å². The summed E-state index contributed by atoms with van der Waals surface area (Å²) in [7, 11) is 0. The van der Waals surface area contributed by atoms with Crippen molar-refractivity contribution in [2.75, 3.05) is 13.1 Å². The van der Waals surface area contributed by atoms with Crippen LogP contribution < -0.4 is 5.73 Å². The monoisotopic (exact) mass is 281 g/mol. The zero-order valence-corrected chi connectivity index (χ0v) is 14.0. The number of nitrogens with one attached hydrogen (secondary N) is 1. The molecule has 1 rings (SSSR count). The Labute approximate surface area is 125 Å². The molecule has 0 bridgehead atoms. The third-order valence-electron chi connectivity index (χ3n) is 4.81. The molecule has 0 saturated heterocycles. The summed E-state index contributed by atoms with van der Waals surface area (Å²) in [6.07, 6.45) is 9.05. The lowest BCUT2D eigenvalue weighted by atomic mass is 9.86. The summed E-state index contributed by atoms with van der Waals surface area (Å²) in [5, 5.41) is 7.65. The molecule has 3 heteroatoms. The van der Waals surface area contributed by atoms with Gasteiger partial charge in [-0.15, -0.1) is 0 Å². The smallest absolute Gasteiger partial charge is 0.0963 e. The van der Waals surface area contributed by atoms with Crippen LogP contribution in [0.1, 0.15) is 72.6 Å². The normalized spacial score (nSPS) is 17.3. The zero-order chi connectivity index (χ0) is 15.2. The fourth-order valence-electron chi connectivity index (χ4n) is 3.03. The van der Waals surface area contributed by atoms with Gasteiger partial charge in [-0.3, -0.25) is 5.41 Å². The standard InChI is InChI=1S/C17H35N3/c1-14(2)10-13-20(15-8-5-6-9-15)12-7-11-17(3,4)16(18)19/h14-15H,5-13H2,1-4H3,(H3,18,19). The molecule has 0 amide bonds. The molecule has 0 aromatic rings. The lowest BCUT2D eigenvalue weighted by Crippen LogP contribution is -2.37. The Morgan fingerprint density at radius 1 is 1.25 bits per heavy atom. The van der Waals surface area contributed by atoms with Crippen LogP contribution in [0, 0.1) is 16.7 Å². The van der Waals surface area contributed by atoms with E-state index >= 15 is 0 Å². The molecular weight excluding hydrogens is 246 g/mol. The van der Waals surface area contributed by atoms with E-state index in [1.165, 1.54) is 45.2 Å². The molecule has 0 unspecified atom stereocenters. The molecule has 20 heavy (non-hydrogen) atoms. The Hall–Kier alpha value is -0.570. The van der Waals surface area contributed by atoms with Crippen molar-refractivity contribution in [2.24, 2.45) is 17.1 Å². The number of amidine groups is 1. The highest BCUT2D eigenvalue weighted by Crippen LogP contribution is 2.26. The van der Waals surface area contributed by atoms with E-state index in [-0.39, 0.29) is 5.41 Å². The molecule has 0 aliphatic heterocycles. The molecule has 3 N–H and O–H groups in total. The summed E-state index contributed by atoms with van der Waals surface area (Å²) in [6.45, 7) is 11.2. The van der Waals surface area contributed by atoms with Crippen LogP contribution in [0.4, 0.5) is 0 Å². The summed E-state index contributed by atoms with van der Waals surface area (Å²) >= 11 is 0. The molecule has 1 fully saturated rings. The Balaban J connectivity index is 2.41. The summed E-state index contributed by atoms with van der Waals surface area (Å²) in [4.78, 5) is 2.71. The summed E-state index contributed by atoms with van der Waals surface area (Å²) in [5.74, 6) is 1.11. The maximum Gasteiger partial charge on any atom is 0.0963 e. The summed E-state index contributed by atoms with van der Waals surface area (Å²) in [5.41, 5.74) is 5.54. The van der Waals surface area contributed by atoms with Crippen LogP contribution in [0.2, 0.25) is 0 Å². The second-order valence-corrected chi connectivity index (χ2v) is 7.56. The molecule has 0 atom stereocenters. The van der Waals surface area contributed by atoms with Crippen LogP contribution in [-0.2, 0) is 0 Å². The predicted molar refractivity (Wildman–Crippen MR) is 88.2 cm³/mol. The number of hydrogen-bond acceptors (Lipinski definition) is 2. The molecule has 1 aliphatic rings. The Morgan fingerprint density at radius 2 is 1.85 bits per heavy atom. The molecule has 118 valence electrons. The Kier molecular flexibility index (Phi) is 7.01. The van der Waals surface area contributed by atoms with Gasteiger partial charge in [-0.1, -0.05) is 40.5 Å². The van der Waals surface area contributed by atoms with Gasteiger partial charge in [0.15, 0.2) is 0 Å². The van der Waals surface area contributed by atoms with Crippen molar-refractivity contribution < 1.29 is 0 Å². The number of nitrogens with zero attached hydrogens (tertiary/aromatic N) is 1. The van der Waals surface area contributed by atoms with Crippen LogP contribution >= 0.6 is 0 Å². The second-order valence-electron chi connectivity index (χ2n) is 7.56. The third kappa shape index (κ3) is 5.82. The maximum atomic E-state index is 7.65. The highest BCUT2D eigenvalue weighted by atomic mass is 15.2. The molecule has 0 heterocycles. The first-order valence-corrected chi connectivity index (χ1v) is 8.41. The molecule has 0 radical (unpaired) electrons. The highest BCUT2D eigenvalue weighted by Gasteiger charge is 2.25. The van der Waals surface area contributed by atoms with Crippen LogP contribution in [-0.4, -0.2) is 29.9 Å². The first-order chi connectivity index (χ1) is 9.33. The predicted octanol–water partition coefficient (Wildman–Crippen LogP) is 4.02. The average molecular weight is 281 g/mol. The third-order valence-corrected chi connectivity index (χ3v) is 4.81. The Bertz CT molecular complexity index is 291. The molecule has 3 nitrogen and oxygen atoms in total. The van der Waals surface area contributed by atoms with Crippen LogP contribution in [0.15, 0.2) is 0 Å². The number of hydrogen-bond donors (Lipinski definition) is 2. The van der Waals surface area contributed by atoms with E-state index < -0.39 is 0 Å². The van der Waals surface area contributed by atoms with Gasteiger partial charge in [0.05, 0.1) is 5.84 Å². The van der Waals surface area contributed by atoms with Gasteiger partial charge in [0.2, 0.25) is 0 Å². The van der Waals surface area contributed by atoms with Crippen molar-refractivity contribution in [2.45, 2.75) is 78.7 Å². The van der Waals surface area contributed by atoms with Gasteiger partial charge >= 0.3 is 0 Å². The molecule has 1 aliphatic carbocycles. The van der Waals surface area contributed by atoms with Crippen molar-refractivity contribution in [3.8, 4) is 0 Å². The van der Waals surface area contributed by atoms with Crippen molar-refractivity contribution in [3.63, 3.8) is 0 Å². The van der Waals surface area contributed by atoms with Gasteiger partial charge in [0.1, 0.15) is 0 Å². The summed E-state index contributed by atoms with van der Waals surface area (Å²) < 4.78 is 0. The van der Waals surface area contributed by atoms with E-state index in [0.29, 0.717) is 5.84 Å². The van der Waals surface area contributed by atoms with E-state index in [9.17, 15) is 0 Å². The minimum absolute atomic E-state index is 0.139. The van der Waals surface area contributed by atoms with Gasteiger partial charge < -0.3 is 10.6 Å². The average Bonchev–Trinajstić information content (AvgIpc) is 2.86. The summed E-state index contributed by atoms with van der Waals surface area (Å²) in [6, 6.07) is 0.814. The van der Waals surface area contributed by atoms with E-state index in [0.717, 1.165) is 24.8 Å². The SMILES string of the molecule is CC(C)CCN(CCCC(C)(C)C(=N)N)C1CCCC1. The fraction of sp³-hybridized carbons (Fsp3) is 0.941.